The Kier molecular flexibility index (Phi) is 15.3. The topological polar surface area (TPSA) is 47.1 Å². The fraction of sp³-hybridized carbons (Fsp3) is 0.692. The molecule has 2 amide bonds. The van der Waals surface area contributed by atoms with Gasteiger partial charge in [-0.2, -0.15) is 0 Å². The highest BCUT2D eigenvalue weighted by molar-refractivity contribution is 9.10. The van der Waals surface area contributed by atoms with Gasteiger partial charge in [-0.15, -0.1) is 0 Å². The van der Waals surface area contributed by atoms with Gasteiger partial charge in [-0.3, -0.25) is 14.5 Å². The minimum Gasteiger partial charge on any atom is -0.340 e. The number of likely N-dealkylation sites (N-methyl/N-ethyl adjacent to an activating group) is 1. The molecule has 2 aliphatic heterocycles. The van der Waals surface area contributed by atoms with Crippen LogP contribution in [0.15, 0.2) is 28.7 Å². The molecule has 0 saturated carbocycles. The summed E-state index contributed by atoms with van der Waals surface area (Å²) in [5.41, 5.74) is 1.03. The van der Waals surface area contributed by atoms with E-state index in [-0.39, 0.29) is 11.8 Å². The first-order valence-corrected chi connectivity index (χ1v) is 13.5. The average Bonchev–Trinajstić information content (AvgIpc) is 2.86. The van der Waals surface area contributed by atoms with Crippen LogP contribution in [0.2, 0.25) is 0 Å². The number of nitrogens with zero attached hydrogens (tertiary/aromatic N) is 4. The first-order chi connectivity index (χ1) is 16.0. The third-order valence-electron chi connectivity index (χ3n) is 6.00. The minimum atomic E-state index is 0.162. The summed E-state index contributed by atoms with van der Waals surface area (Å²) in [5.74, 6) is 0.384. The molecule has 0 aliphatic carbocycles. The number of hydrogen-bond donors (Lipinski definition) is 0. The molecule has 0 atom stereocenters. The highest BCUT2D eigenvalue weighted by Crippen LogP contribution is 2.14. The third-order valence-corrected chi connectivity index (χ3v) is 6.49. The number of carbonyl (C=O) groups excluding carboxylic acids is 2. The molecule has 0 radical (unpaired) electrons. The van der Waals surface area contributed by atoms with E-state index in [2.05, 4.69) is 46.5 Å². The predicted molar refractivity (Wildman–Crippen MR) is 141 cm³/mol. The molecule has 0 bridgehead atoms. The molecule has 2 saturated heterocycles. The van der Waals surface area contributed by atoms with Crippen molar-refractivity contribution in [3.63, 3.8) is 0 Å². The van der Waals surface area contributed by atoms with Gasteiger partial charge in [0.15, 0.2) is 0 Å². The third kappa shape index (κ3) is 11.0. The molecule has 0 N–H and O–H groups in total. The standard InChI is InChI=1S/C20H29BrN4O2.C4H10.C2H6/c1-2-22-6-10-25(11-7-22)20(27)16-23-8-12-24(13-9-23)19(26)15-17-4-3-5-18(21)14-17;1-3-4-2;1-2/h3-5,14H,2,6-13,15-16H2,1H3;3-4H2,1-2H3;1-2H3. The highest BCUT2D eigenvalue weighted by atomic mass is 79.9. The number of amides is 2. The van der Waals surface area contributed by atoms with Crippen LogP contribution in [0.1, 0.15) is 53.0 Å². The Morgan fingerprint density at radius 1 is 0.788 bits per heavy atom. The zero-order valence-corrected chi connectivity index (χ0v) is 23.1. The van der Waals surface area contributed by atoms with Crippen molar-refractivity contribution >= 4 is 27.7 Å². The van der Waals surface area contributed by atoms with Crippen LogP contribution in [0.25, 0.3) is 0 Å². The maximum atomic E-state index is 12.5. The second-order valence-electron chi connectivity index (χ2n) is 8.28. The van der Waals surface area contributed by atoms with Crippen molar-refractivity contribution in [1.82, 2.24) is 19.6 Å². The Morgan fingerprint density at radius 2 is 1.30 bits per heavy atom. The van der Waals surface area contributed by atoms with Crippen LogP contribution in [0, 0.1) is 0 Å². The molecule has 0 aromatic heterocycles. The SMILES string of the molecule is CC.CCCC.CCN1CCN(C(=O)CN2CCN(C(=O)Cc3cccc(Br)c3)CC2)CC1. The van der Waals surface area contributed by atoms with E-state index in [1.165, 1.54) is 12.8 Å². The van der Waals surface area contributed by atoms with E-state index >= 15 is 0 Å². The second-order valence-corrected chi connectivity index (χ2v) is 9.19. The summed E-state index contributed by atoms with van der Waals surface area (Å²) in [7, 11) is 0. The number of hydrogen-bond acceptors (Lipinski definition) is 4. The lowest BCUT2D eigenvalue weighted by molar-refractivity contribution is -0.136. The van der Waals surface area contributed by atoms with Gasteiger partial charge in [-0.25, -0.2) is 0 Å². The fourth-order valence-electron chi connectivity index (χ4n) is 3.69. The molecule has 6 nitrogen and oxygen atoms in total. The van der Waals surface area contributed by atoms with Crippen molar-refractivity contribution in [3.8, 4) is 0 Å². The zero-order chi connectivity index (χ0) is 24.6. The van der Waals surface area contributed by atoms with Gasteiger partial charge in [-0.05, 0) is 24.2 Å². The second kappa shape index (κ2) is 17.1. The van der Waals surface area contributed by atoms with Crippen molar-refractivity contribution in [2.45, 2.75) is 53.9 Å². The molecule has 1 aromatic rings. The molecule has 1 aromatic carbocycles. The van der Waals surface area contributed by atoms with Gasteiger partial charge >= 0.3 is 0 Å². The van der Waals surface area contributed by atoms with Gasteiger partial charge in [-0.1, -0.05) is 75.5 Å². The Hall–Kier alpha value is -1.44. The monoisotopic (exact) mass is 524 g/mol. The lowest BCUT2D eigenvalue weighted by atomic mass is 10.1. The Labute approximate surface area is 210 Å². The highest BCUT2D eigenvalue weighted by Gasteiger charge is 2.25. The minimum absolute atomic E-state index is 0.162. The Morgan fingerprint density at radius 3 is 1.79 bits per heavy atom. The summed E-state index contributed by atoms with van der Waals surface area (Å²) >= 11 is 3.45. The van der Waals surface area contributed by atoms with E-state index in [1.54, 1.807) is 0 Å². The largest absolute Gasteiger partial charge is 0.340 e. The number of unbranched alkanes of at least 4 members (excludes halogenated alkanes) is 1. The van der Waals surface area contributed by atoms with Gasteiger partial charge in [0.25, 0.3) is 0 Å². The molecule has 0 spiro atoms. The van der Waals surface area contributed by atoms with Gasteiger partial charge < -0.3 is 14.7 Å². The van der Waals surface area contributed by atoms with Gasteiger partial charge in [0.1, 0.15) is 0 Å². The average molecular weight is 526 g/mol. The summed E-state index contributed by atoms with van der Waals surface area (Å²) in [6, 6.07) is 7.89. The Bertz CT molecular complexity index is 683. The summed E-state index contributed by atoms with van der Waals surface area (Å²) in [6.07, 6.45) is 3.07. The van der Waals surface area contributed by atoms with E-state index < -0.39 is 0 Å². The molecule has 3 rings (SSSR count). The van der Waals surface area contributed by atoms with Crippen molar-refractivity contribution in [2.24, 2.45) is 0 Å². The summed E-state index contributed by atoms with van der Waals surface area (Å²) in [5, 5.41) is 0. The molecule has 33 heavy (non-hydrogen) atoms. The molecule has 7 heteroatoms. The van der Waals surface area contributed by atoms with E-state index in [9.17, 15) is 9.59 Å². The first kappa shape index (κ1) is 29.6. The molecule has 0 unspecified atom stereocenters. The number of rotatable bonds is 6. The lowest BCUT2D eigenvalue weighted by Gasteiger charge is -2.37. The van der Waals surface area contributed by atoms with Gasteiger partial charge in [0.2, 0.25) is 11.8 Å². The van der Waals surface area contributed by atoms with Crippen molar-refractivity contribution < 1.29 is 9.59 Å². The van der Waals surface area contributed by atoms with Crippen LogP contribution in [0.4, 0.5) is 0 Å². The molecular weight excluding hydrogens is 480 g/mol. The van der Waals surface area contributed by atoms with E-state index in [4.69, 9.17) is 0 Å². The molecule has 2 aliphatic rings. The smallest absolute Gasteiger partial charge is 0.236 e. The van der Waals surface area contributed by atoms with Crippen molar-refractivity contribution in [2.75, 3.05) is 65.4 Å². The predicted octanol–water partition coefficient (Wildman–Crippen LogP) is 4.13. The van der Waals surface area contributed by atoms with E-state index in [1.807, 2.05) is 47.9 Å². The quantitative estimate of drug-likeness (QED) is 0.561. The first-order valence-electron chi connectivity index (χ1n) is 12.7. The van der Waals surface area contributed by atoms with Crippen LogP contribution in [-0.4, -0.2) is 96.9 Å². The van der Waals surface area contributed by atoms with Gasteiger partial charge in [0, 0.05) is 56.8 Å². The maximum Gasteiger partial charge on any atom is 0.236 e. The maximum absolute atomic E-state index is 12.5. The molecular formula is C26H45BrN4O2. The number of piperazine rings is 2. The van der Waals surface area contributed by atoms with Crippen LogP contribution >= 0.6 is 15.9 Å². The normalized spacial score (nSPS) is 16.9. The summed E-state index contributed by atoms with van der Waals surface area (Å²) in [4.78, 5) is 33.5. The number of carbonyl (C=O) groups is 2. The lowest BCUT2D eigenvalue weighted by Crippen LogP contribution is -2.54. The summed E-state index contributed by atoms with van der Waals surface area (Å²) in [6.45, 7) is 18.6. The van der Waals surface area contributed by atoms with E-state index in [0.717, 1.165) is 55.8 Å². The van der Waals surface area contributed by atoms with Gasteiger partial charge in [0.05, 0.1) is 13.0 Å². The van der Waals surface area contributed by atoms with Crippen LogP contribution in [0.5, 0.6) is 0 Å². The molecule has 188 valence electrons. The van der Waals surface area contributed by atoms with Crippen molar-refractivity contribution in [3.05, 3.63) is 34.3 Å². The number of benzene rings is 1. The van der Waals surface area contributed by atoms with Crippen molar-refractivity contribution in [1.29, 1.82) is 0 Å². The fourth-order valence-corrected chi connectivity index (χ4v) is 4.14. The van der Waals surface area contributed by atoms with Crippen LogP contribution < -0.4 is 0 Å². The zero-order valence-electron chi connectivity index (χ0n) is 21.5. The molecule has 2 fully saturated rings. The number of halogens is 1. The van der Waals surface area contributed by atoms with Crippen LogP contribution in [-0.2, 0) is 16.0 Å². The van der Waals surface area contributed by atoms with E-state index in [0.29, 0.717) is 26.1 Å². The summed E-state index contributed by atoms with van der Waals surface area (Å²) < 4.78 is 0.996. The van der Waals surface area contributed by atoms with Crippen LogP contribution in [0.3, 0.4) is 0 Å². The Balaban J connectivity index is 0.000000820. The molecule has 2 heterocycles.